The minimum atomic E-state index is -1.01. The van der Waals surface area contributed by atoms with Gasteiger partial charge in [0.1, 0.15) is 17.2 Å². The van der Waals surface area contributed by atoms with E-state index in [1.807, 2.05) is 42.5 Å². The Morgan fingerprint density at radius 3 is 2.44 bits per heavy atom. The Morgan fingerprint density at radius 1 is 1.08 bits per heavy atom. The summed E-state index contributed by atoms with van der Waals surface area (Å²) in [5.74, 6) is 0.121. The van der Waals surface area contributed by atoms with E-state index in [9.17, 15) is 14.7 Å². The number of carbonyl (C=O) groups is 2. The summed E-state index contributed by atoms with van der Waals surface area (Å²) in [6.07, 6.45) is 0.813. The average molecular weight is 505 g/mol. The van der Waals surface area contributed by atoms with Crippen LogP contribution in [0.1, 0.15) is 28.9 Å². The quantitative estimate of drug-likeness (QED) is 0.318. The minimum Gasteiger partial charge on any atom is -0.385 e. The van der Waals surface area contributed by atoms with Gasteiger partial charge in [0.2, 0.25) is 5.91 Å². The van der Waals surface area contributed by atoms with Crippen LogP contribution in [-0.2, 0) is 10.4 Å². The van der Waals surface area contributed by atoms with Gasteiger partial charge in [-0.2, -0.15) is 0 Å². The maximum absolute atomic E-state index is 13.3. The second-order valence-electron chi connectivity index (χ2n) is 8.86. The molecule has 184 valence electrons. The number of anilines is 1. The van der Waals surface area contributed by atoms with Crippen molar-refractivity contribution in [3.8, 4) is 11.4 Å². The predicted molar refractivity (Wildman–Crippen MR) is 137 cm³/mol. The fourth-order valence-electron chi connectivity index (χ4n) is 4.45. The molecule has 0 unspecified atom stereocenters. The zero-order valence-corrected chi connectivity index (χ0v) is 20.1. The van der Waals surface area contributed by atoms with E-state index in [1.165, 1.54) is 0 Å². The number of hydrogen-bond acceptors (Lipinski definition) is 6. The molecule has 2 aromatic heterocycles. The molecule has 0 bridgehead atoms. The highest BCUT2D eigenvalue weighted by Gasteiger charge is 2.36. The van der Waals surface area contributed by atoms with Gasteiger partial charge in [-0.3, -0.25) is 9.59 Å². The second kappa shape index (κ2) is 9.60. The van der Waals surface area contributed by atoms with Crippen molar-refractivity contribution >= 4 is 40.3 Å². The van der Waals surface area contributed by atoms with Crippen molar-refractivity contribution in [2.24, 2.45) is 5.73 Å². The molecule has 3 heterocycles. The summed E-state index contributed by atoms with van der Waals surface area (Å²) >= 11 is 5.98. The Labute approximate surface area is 212 Å². The number of nitrogens with one attached hydrogen (secondary N) is 2. The molecular formula is C26H25ClN6O3. The number of benzene rings is 2. The van der Waals surface area contributed by atoms with Gasteiger partial charge >= 0.3 is 0 Å². The van der Waals surface area contributed by atoms with Crippen molar-refractivity contribution < 1.29 is 14.7 Å². The number of aliphatic hydroxyl groups is 1. The maximum Gasteiger partial charge on any atom is 0.270 e. The van der Waals surface area contributed by atoms with Gasteiger partial charge in [0, 0.05) is 23.7 Å². The van der Waals surface area contributed by atoms with Gasteiger partial charge in [0.15, 0.2) is 5.82 Å². The summed E-state index contributed by atoms with van der Waals surface area (Å²) in [7, 11) is 0. The first kappa shape index (κ1) is 23.8. The number of carbonyl (C=O) groups excluding carboxylic acids is 2. The molecule has 9 nitrogen and oxygen atoms in total. The van der Waals surface area contributed by atoms with E-state index < -0.39 is 11.5 Å². The van der Waals surface area contributed by atoms with E-state index in [2.05, 4.69) is 20.3 Å². The first-order valence-corrected chi connectivity index (χ1v) is 12.0. The lowest BCUT2D eigenvalue weighted by atomic mass is 9.84. The molecule has 0 spiro atoms. The number of aromatic nitrogens is 3. The normalized spacial score (nSPS) is 15.1. The molecule has 1 fully saturated rings. The SMILES string of the molecule is NC(=O)CNc1nc(-c2ccccc2)nc2[nH]c(C(=O)N3CCC(O)(c4ccc(Cl)cc4)CC3)cc12. The summed E-state index contributed by atoms with van der Waals surface area (Å²) in [6, 6.07) is 18.2. The third-order valence-electron chi connectivity index (χ3n) is 6.44. The molecule has 10 heteroatoms. The number of likely N-dealkylation sites (tertiary alicyclic amines) is 1. The Balaban J connectivity index is 1.40. The van der Waals surface area contributed by atoms with Crippen molar-refractivity contribution in [3.05, 3.63) is 76.9 Å². The summed E-state index contributed by atoms with van der Waals surface area (Å²) in [4.78, 5) is 38.7. The molecule has 4 aromatic rings. The Morgan fingerprint density at radius 2 is 1.78 bits per heavy atom. The Kier molecular flexibility index (Phi) is 6.34. The summed E-state index contributed by atoms with van der Waals surface area (Å²) < 4.78 is 0. The lowest BCUT2D eigenvalue weighted by Crippen LogP contribution is -2.45. The number of fused-ring (bicyclic) bond motifs is 1. The zero-order chi connectivity index (χ0) is 25.3. The van der Waals surface area contributed by atoms with Gasteiger partial charge < -0.3 is 26.0 Å². The fourth-order valence-corrected chi connectivity index (χ4v) is 4.57. The van der Waals surface area contributed by atoms with Gasteiger partial charge in [-0.15, -0.1) is 0 Å². The number of nitrogens with two attached hydrogens (primary N) is 1. The van der Waals surface area contributed by atoms with Gasteiger partial charge in [0.05, 0.1) is 17.5 Å². The molecule has 1 aliphatic heterocycles. The largest absolute Gasteiger partial charge is 0.385 e. The second-order valence-corrected chi connectivity index (χ2v) is 9.29. The lowest BCUT2D eigenvalue weighted by molar-refractivity contribution is -0.116. The van der Waals surface area contributed by atoms with Crippen LogP contribution < -0.4 is 11.1 Å². The van der Waals surface area contributed by atoms with Crippen LogP contribution >= 0.6 is 11.6 Å². The van der Waals surface area contributed by atoms with E-state index in [0.717, 1.165) is 11.1 Å². The number of primary amides is 1. The maximum atomic E-state index is 13.3. The highest BCUT2D eigenvalue weighted by atomic mass is 35.5. The van der Waals surface area contributed by atoms with E-state index in [0.29, 0.717) is 59.3 Å². The Hall–Kier alpha value is -3.95. The number of rotatable bonds is 6. The average Bonchev–Trinajstić information content (AvgIpc) is 3.32. The highest BCUT2D eigenvalue weighted by molar-refractivity contribution is 6.30. The summed E-state index contributed by atoms with van der Waals surface area (Å²) in [5, 5.41) is 15.3. The zero-order valence-electron chi connectivity index (χ0n) is 19.4. The standard InChI is InChI=1S/C26H25ClN6O3/c27-18-8-6-17(7-9-18)26(36)10-12-33(13-11-26)25(35)20-14-19-23(29-15-21(28)34)31-22(32-24(19)30-20)16-4-2-1-3-5-16/h1-9,14,36H,10-13,15H2,(H2,28,34)(H2,29,30,31,32). The molecular weight excluding hydrogens is 480 g/mol. The molecule has 2 aromatic carbocycles. The Bertz CT molecular complexity index is 1410. The smallest absolute Gasteiger partial charge is 0.270 e. The van der Waals surface area contributed by atoms with Crippen LogP contribution in [0.3, 0.4) is 0 Å². The van der Waals surface area contributed by atoms with Crippen LogP contribution in [0.5, 0.6) is 0 Å². The van der Waals surface area contributed by atoms with E-state index in [-0.39, 0.29) is 12.5 Å². The topological polar surface area (TPSA) is 137 Å². The van der Waals surface area contributed by atoms with Crippen molar-refractivity contribution in [2.45, 2.75) is 18.4 Å². The summed E-state index contributed by atoms with van der Waals surface area (Å²) in [6.45, 7) is 0.673. The number of piperidine rings is 1. The predicted octanol–water partition coefficient (Wildman–Crippen LogP) is 3.30. The van der Waals surface area contributed by atoms with Crippen molar-refractivity contribution in [1.29, 1.82) is 0 Å². The first-order valence-electron chi connectivity index (χ1n) is 11.6. The lowest BCUT2D eigenvalue weighted by Gasteiger charge is -2.38. The van der Waals surface area contributed by atoms with Crippen LogP contribution in [0.2, 0.25) is 5.02 Å². The molecule has 5 rings (SSSR count). The summed E-state index contributed by atoms with van der Waals surface area (Å²) in [5.41, 5.74) is 6.71. The fraction of sp³-hybridized carbons (Fsp3) is 0.231. The molecule has 1 saturated heterocycles. The van der Waals surface area contributed by atoms with Crippen molar-refractivity contribution in [2.75, 3.05) is 25.0 Å². The van der Waals surface area contributed by atoms with E-state index in [4.69, 9.17) is 17.3 Å². The molecule has 2 amide bonds. The molecule has 0 saturated carbocycles. The third-order valence-corrected chi connectivity index (χ3v) is 6.69. The minimum absolute atomic E-state index is 0.107. The van der Waals surface area contributed by atoms with Crippen molar-refractivity contribution in [3.63, 3.8) is 0 Å². The molecule has 5 N–H and O–H groups in total. The van der Waals surface area contributed by atoms with Crippen LogP contribution in [-0.4, -0.2) is 56.4 Å². The number of hydrogen-bond donors (Lipinski definition) is 4. The molecule has 36 heavy (non-hydrogen) atoms. The van der Waals surface area contributed by atoms with E-state index in [1.54, 1.807) is 23.1 Å². The number of nitrogens with zero attached hydrogens (tertiary/aromatic N) is 3. The highest BCUT2D eigenvalue weighted by Crippen LogP contribution is 2.34. The molecule has 0 aliphatic carbocycles. The number of aromatic amines is 1. The van der Waals surface area contributed by atoms with Crippen LogP contribution in [0, 0.1) is 0 Å². The first-order chi connectivity index (χ1) is 17.3. The van der Waals surface area contributed by atoms with Crippen LogP contribution in [0.4, 0.5) is 5.82 Å². The van der Waals surface area contributed by atoms with Gasteiger partial charge in [0.25, 0.3) is 5.91 Å². The van der Waals surface area contributed by atoms with Gasteiger partial charge in [-0.1, -0.05) is 54.1 Å². The number of amides is 2. The third kappa shape index (κ3) is 4.75. The van der Waals surface area contributed by atoms with Crippen LogP contribution in [0.25, 0.3) is 22.4 Å². The molecule has 1 aliphatic rings. The number of H-pyrrole nitrogens is 1. The molecule has 0 radical (unpaired) electrons. The van der Waals surface area contributed by atoms with Crippen LogP contribution in [0.15, 0.2) is 60.7 Å². The monoisotopic (exact) mass is 504 g/mol. The van der Waals surface area contributed by atoms with Gasteiger partial charge in [-0.05, 0) is 36.6 Å². The van der Waals surface area contributed by atoms with Crippen molar-refractivity contribution in [1.82, 2.24) is 19.9 Å². The molecule has 0 atom stereocenters. The number of halogens is 1. The van der Waals surface area contributed by atoms with Gasteiger partial charge in [-0.25, -0.2) is 9.97 Å². The van der Waals surface area contributed by atoms with E-state index >= 15 is 0 Å².